The zero-order valence-corrected chi connectivity index (χ0v) is 12.9. The smallest absolute Gasteiger partial charge is 0.191 e. The number of nitrogens with one attached hydrogen (secondary N) is 2. The van der Waals surface area contributed by atoms with Gasteiger partial charge in [0.1, 0.15) is 5.82 Å². The molecule has 0 amide bonds. The van der Waals surface area contributed by atoms with E-state index in [1.165, 1.54) is 5.56 Å². The summed E-state index contributed by atoms with van der Waals surface area (Å²) in [6.07, 6.45) is 3.92. The van der Waals surface area contributed by atoms with Crippen LogP contribution in [0.5, 0.6) is 0 Å². The molecule has 19 heavy (non-hydrogen) atoms. The summed E-state index contributed by atoms with van der Waals surface area (Å²) in [5.41, 5.74) is 1.19. The average Bonchev–Trinajstić information content (AvgIpc) is 2.43. The van der Waals surface area contributed by atoms with Crippen molar-refractivity contribution in [2.75, 3.05) is 44.6 Å². The monoisotopic (exact) mass is 281 g/mol. The highest BCUT2D eigenvalue weighted by atomic mass is 32.2. The maximum atomic E-state index is 4.30. The summed E-state index contributed by atoms with van der Waals surface area (Å²) in [4.78, 5) is 10.5. The second-order valence-electron chi connectivity index (χ2n) is 4.26. The van der Waals surface area contributed by atoms with Crippen LogP contribution in [0.25, 0.3) is 0 Å². The van der Waals surface area contributed by atoms with Gasteiger partial charge in [0.2, 0.25) is 0 Å². The Labute approximate surface area is 119 Å². The van der Waals surface area contributed by atoms with Gasteiger partial charge in [-0.15, -0.1) is 0 Å². The van der Waals surface area contributed by atoms with E-state index in [4.69, 9.17) is 0 Å². The first kappa shape index (κ1) is 15.6. The Kier molecular flexibility index (Phi) is 7.10. The molecular weight excluding hydrogens is 258 g/mol. The van der Waals surface area contributed by atoms with Crippen LogP contribution in [0.15, 0.2) is 23.3 Å². The fourth-order valence-electron chi connectivity index (χ4n) is 1.49. The van der Waals surface area contributed by atoms with Gasteiger partial charge < -0.3 is 15.5 Å². The maximum absolute atomic E-state index is 4.30. The third-order valence-corrected chi connectivity index (χ3v) is 3.16. The van der Waals surface area contributed by atoms with Crippen LogP contribution in [0.3, 0.4) is 0 Å². The normalized spacial score (nSPS) is 11.3. The van der Waals surface area contributed by atoms with Crippen LogP contribution in [0.2, 0.25) is 0 Å². The van der Waals surface area contributed by atoms with Crippen molar-refractivity contribution in [1.82, 2.24) is 15.6 Å². The quantitative estimate of drug-likeness (QED) is 0.466. The molecule has 0 bridgehead atoms. The molecule has 1 heterocycles. The van der Waals surface area contributed by atoms with E-state index in [0.29, 0.717) is 0 Å². The zero-order valence-electron chi connectivity index (χ0n) is 12.1. The summed E-state index contributed by atoms with van der Waals surface area (Å²) >= 11 is 1.81. The van der Waals surface area contributed by atoms with Gasteiger partial charge in [-0.05, 0) is 24.0 Å². The Morgan fingerprint density at radius 2 is 2.21 bits per heavy atom. The molecular formula is C13H23N5S. The number of nitrogens with zero attached hydrogens (tertiary/aromatic N) is 3. The minimum Gasteiger partial charge on any atom is -0.363 e. The highest BCUT2D eigenvalue weighted by molar-refractivity contribution is 7.98. The van der Waals surface area contributed by atoms with Crippen molar-refractivity contribution in [3.8, 4) is 0 Å². The Hall–Kier alpha value is -1.43. The lowest BCUT2D eigenvalue weighted by Gasteiger charge is -2.14. The molecule has 106 valence electrons. The predicted octanol–water partition coefficient (Wildman–Crippen LogP) is 1.18. The van der Waals surface area contributed by atoms with Crippen LogP contribution >= 0.6 is 11.8 Å². The van der Waals surface area contributed by atoms with E-state index < -0.39 is 0 Å². The summed E-state index contributed by atoms with van der Waals surface area (Å²) in [5, 5.41) is 6.56. The van der Waals surface area contributed by atoms with Crippen LogP contribution in [0, 0.1) is 0 Å². The van der Waals surface area contributed by atoms with Crippen LogP contribution in [0.1, 0.15) is 5.56 Å². The molecule has 0 aliphatic rings. The molecule has 0 saturated carbocycles. The Balaban J connectivity index is 2.48. The Morgan fingerprint density at radius 3 is 2.84 bits per heavy atom. The van der Waals surface area contributed by atoms with Crippen molar-refractivity contribution < 1.29 is 0 Å². The molecule has 0 atom stereocenters. The Morgan fingerprint density at radius 1 is 1.42 bits per heavy atom. The van der Waals surface area contributed by atoms with Gasteiger partial charge in [0.05, 0.1) is 0 Å². The second-order valence-corrected chi connectivity index (χ2v) is 5.25. The first-order valence-electron chi connectivity index (χ1n) is 6.23. The molecule has 2 N–H and O–H groups in total. The molecule has 1 aromatic heterocycles. The van der Waals surface area contributed by atoms with E-state index >= 15 is 0 Å². The van der Waals surface area contributed by atoms with Crippen LogP contribution in [0.4, 0.5) is 5.82 Å². The molecule has 1 rings (SSSR count). The van der Waals surface area contributed by atoms with E-state index in [9.17, 15) is 0 Å². The average molecular weight is 281 g/mol. The molecule has 0 aliphatic carbocycles. The van der Waals surface area contributed by atoms with Gasteiger partial charge in [0, 0.05) is 46.2 Å². The molecule has 0 unspecified atom stereocenters. The highest BCUT2D eigenvalue weighted by Crippen LogP contribution is 2.08. The lowest BCUT2D eigenvalue weighted by Crippen LogP contribution is -2.37. The minimum atomic E-state index is 0.738. The van der Waals surface area contributed by atoms with Crippen molar-refractivity contribution in [1.29, 1.82) is 0 Å². The number of hydrogen-bond acceptors (Lipinski definition) is 4. The number of anilines is 1. The highest BCUT2D eigenvalue weighted by Gasteiger charge is 2.01. The zero-order chi connectivity index (χ0) is 14.1. The van der Waals surface area contributed by atoms with Gasteiger partial charge in [-0.2, -0.15) is 11.8 Å². The largest absolute Gasteiger partial charge is 0.363 e. The molecule has 0 saturated heterocycles. The first-order valence-corrected chi connectivity index (χ1v) is 7.62. The van der Waals surface area contributed by atoms with Crippen molar-refractivity contribution in [2.45, 2.75) is 6.54 Å². The van der Waals surface area contributed by atoms with Crippen LogP contribution < -0.4 is 15.5 Å². The molecule has 0 aliphatic heterocycles. The van der Waals surface area contributed by atoms with Gasteiger partial charge in [-0.3, -0.25) is 4.99 Å². The number of pyridine rings is 1. The maximum Gasteiger partial charge on any atom is 0.191 e. The van der Waals surface area contributed by atoms with Crippen molar-refractivity contribution in [3.63, 3.8) is 0 Å². The van der Waals surface area contributed by atoms with Crippen molar-refractivity contribution >= 4 is 23.5 Å². The summed E-state index contributed by atoms with van der Waals surface area (Å²) in [5.74, 6) is 2.86. The molecule has 0 radical (unpaired) electrons. The number of guanidine groups is 1. The number of hydrogen-bond donors (Lipinski definition) is 2. The minimum absolute atomic E-state index is 0.738. The number of aromatic nitrogens is 1. The standard InChI is InChI=1S/C13H23N5S/c1-14-13(16-7-8-19-4)17-10-11-5-6-15-12(9-11)18(2)3/h5-6,9H,7-8,10H2,1-4H3,(H2,14,16,17). The van der Waals surface area contributed by atoms with E-state index in [1.807, 2.05) is 43.0 Å². The van der Waals surface area contributed by atoms with E-state index in [1.54, 1.807) is 7.05 Å². The third kappa shape index (κ3) is 5.83. The van der Waals surface area contributed by atoms with E-state index in [-0.39, 0.29) is 0 Å². The molecule has 6 heteroatoms. The summed E-state index contributed by atoms with van der Waals surface area (Å²) in [6.45, 7) is 1.66. The first-order chi connectivity index (χ1) is 9.17. The summed E-state index contributed by atoms with van der Waals surface area (Å²) in [6, 6.07) is 4.08. The van der Waals surface area contributed by atoms with Gasteiger partial charge in [0.25, 0.3) is 0 Å². The molecule has 5 nitrogen and oxygen atoms in total. The summed E-state index contributed by atoms with van der Waals surface area (Å²) < 4.78 is 0. The lowest BCUT2D eigenvalue weighted by atomic mass is 10.2. The van der Waals surface area contributed by atoms with Crippen molar-refractivity contribution in [3.05, 3.63) is 23.9 Å². The fraction of sp³-hybridized carbons (Fsp3) is 0.538. The fourth-order valence-corrected chi connectivity index (χ4v) is 1.80. The number of aliphatic imine (C=N–C) groups is 1. The lowest BCUT2D eigenvalue weighted by molar-refractivity contribution is 0.830. The van der Waals surface area contributed by atoms with Gasteiger partial charge in [-0.1, -0.05) is 0 Å². The molecule has 0 spiro atoms. The SMILES string of the molecule is CN=C(NCCSC)NCc1ccnc(N(C)C)c1. The van der Waals surface area contributed by atoms with Gasteiger partial charge in [0.15, 0.2) is 5.96 Å². The van der Waals surface area contributed by atoms with Crippen molar-refractivity contribution in [2.24, 2.45) is 4.99 Å². The van der Waals surface area contributed by atoms with Crippen LogP contribution in [-0.4, -0.2) is 50.6 Å². The second kappa shape index (κ2) is 8.63. The van der Waals surface area contributed by atoms with Gasteiger partial charge in [-0.25, -0.2) is 4.98 Å². The topological polar surface area (TPSA) is 52.6 Å². The van der Waals surface area contributed by atoms with E-state index in [2.05, 4.69) is 32.9 Å². The number of rotatable bonds is 6. The predicted molar refractivity (Wildman–Crippen MR) is 85.1 cm³/mol. The van der Waals surface area contributed by atoms with Crippen LogP contribution in [-0.2, 0) is 6.54 Å². The number of thioether (sulfide) groups is 1. The molecule has 1 aromatic rings. The third-order valence-electron chi connectivity index (χ3n) is 2.55. The van der Waals surface area contributed by atoms with E-state index in [0.717, 1.165) is 30.6 Å². The van der Waals surface area contributed by atoms with Gasteiger partial charge >= 0.3 is 0 Å². The molecule has 0 aromatic carbocycles. The summed E-state index contributed by atoms with van der Waals surface area (Å²) in [7, 11) is 5.76. The molecule has 0 fully saturated rings. The Bertz CT molecular complexity index is 406.